The standard InChI is InChI=1S/C19H19N5O2S2/c1-24(28(2,25)26)23-16-7-3-5-13-8-9-15(22-18(13)16)17-12-21-19(27-17)14-6-4-10-20-11-14/h4,6-12,23H,3,5H2,1-2H3. The maximum atomic E-state index is 11.7. The van der Waals surface area contributed by atoms with Gasteiger partial charge in [0.1, 0.15) is 5.01 Å². The van der Waals surface area contributed by atoms with Crippen LogP contribution in [0.1, 0.15) is 17.7 Å². The summed E-state index contributed by atoms with van der Waals surface area (Å²) >= 11 is 1.55. The molecule has 1 aliphatic rings. The zero-order chi connectivity index (χ0) is 19.7. The number of hydrogen-bond donors (Lipinski definition) is 1. The van der Waals surface area contributed by atoms with Gasteiger partial charge < -0.3 is 5.43 Å². The number of thiazole rings is 1. The topological polar surface area (TPSA) is 88.1 Å². The number of hydrogen-bond acceptors (Lipinski definition) is 7. The Balaban J connectivity index is 1.66. The first-order chi connectivity index (χ1) is 13.4. The van der Waals surface area contributed by atoms with Gasteiger partial charge in [-0.15, -0.1) is 15.8 Å². The fraction of sp³-hybridized carbons (Fsp3) is 0.211. The van der Waals surface area contributed by atoms with Gasteiger partial charge in [0.25, 0.3) is 0 Å². The lowest BCUT2D eigenvalue weighted by Crippen LogP contribution is -2.38. The largest absolute Gasteiger partial charge is 0.304 e. The molecule has 0 aromatic carbocycles. The Hall–Kier alpha value is -2.62. The highest BCUT2D eigenvalue weighted by Gasteiger charge is 2.20. The summed E-state index contributed by atoms with van der Waals surface area (Å²) in [5.41, 5.74) is 7.29. The van der Waals surface area contributed by atoms with Gasteiger partial charge in [0, 0.05) is 31.2 Å². The third kappa shape index (κ3) is 3.82. The second kappa shape index (κ2) is 7.42. The van der Waals surface area contributed by atoms with Crippen LogP contribution < -0.4 is 5.43 Å². The summed E-state index contributed by atoms with van der Waals surface area (Å²) in [5, 5.41) is 0.883. The second-order valence-electron chi connectivity index (χ2n) is 6.47. The highest BCUT2D eigenvalue weighted by atomic mass is 32.2. The van der Waals surface area contributed by atoms with E-state index in [2.05, 4.69) is 21.5 Å². The van der Waals surface area contributed by atoms with Gasteiger partial charge in [-0.2, -0.15) is 0 Å². The first-order valence-corrected chi connectivity index (χ1v) is 11.4. The summed E-state index contributed by atoms with van der Waals surface area (Å²) in [5.74, 6) is 0. The van der Waals surface area contributed by atoms with E-state index in [0.29, 0.717) is 5.70 Å². The zero-order valence-corrected chi connectivity index (χ0v) is 17.1. The average molecular weight is 414 g/mol. The lowest BCUT2D eigenvalue weighted by molar-refractivity contribution is 0.433. The monoisotopic (exact) mass is 413 g/mol. The minimum atomic E-state index is -3.35. The molecule has 3 aromatic rings. The van der Waals surface area contributed by atoms with Crippen molar-refractivity contribution in [2.75, 3.05) is 13.3 Å². The van der Waals surface area contributed by atoms with Crippen LogP contribution in [-0.4, -0.2) is 41.1 Å². The Kier molecular flexibility index (Phi) is 4.96. The van der Waals surface area contributed by atoms with Crippen LogP contribution in [0.3, 0.4) is 0 Å². The number of rotatable bonds is 5. The molecule has 0 saturated heterocycles. The van der Waals surface area contributed by atoms with E-state index in [-0.39, 0.29) is 0 Å². The zero-order valence-electron chi connectivity index (χ0n) is 15.5. The smallest absolute Gasteiger partial charge is 0.227 e. The number of pyridine rings is 2. The number of aromatic nitrogens is 3. The fourth-order valence-electron chi connectivity index (χ4n) is 2.90. The molecule has 0 aliphatic heterocycles. The molecule has 0 atom stereocenters. The second-order valence-corrected chi connectivity index (χ2v) is 9.52. The van der Waals surface area contributed by atoms with Gasteiger partial charge in [-0.05, 0) is 36.6 Å². The Labute approximate surface area is 167 Å². The summed E-state index contributed by atoms with van der Waals surface area (Å²) in [4.78, 5) is 14.4. The molecule has 9 heteroatoms. The summed E-state index contributed by atoms with van der Waals surface area (Å²) in [6.07, 6.45) is 10.2. The molecule has 0 unspecified atom stereocenters. The summed E-state index contributed by atoms with van der Waals surface area (Å²) in [6, 6.07) is 7.90. The van der Waals surface area contributed by atoms with Crippen LogP contribution in [-0.2, 0) is 16.4 Å². The van der Waals surface area contributed by atoms with Crippen LogP contribution in [0.5, 0.6) is 0 Å². The molecule has 1 N–H and O–H groups in total. The maximum Gasteiger partial charge on any atom is 0.227 e. The summed E-state index contributed by atoms with van der Waals surface area (Å²) in [6.45, 7) is 0. The molecular weight excluding hydrogens is 394 g/mol. The molecule has 0 fully saturated rings. The SMILES string of the molecule is CN(NC1=CCCc2ccc(-c3cnc(-c4cccnc4)s3)nc21)S(C)(=O)=O. The van der Waals surface area contributed by atoms with Gasteiger partial charge in [-0.3, -0.25) is 4.98 Å². The van der Waals surface area contributed by atoms with Crippen LogP contribution in [0.2, 0.25) is 0 Å². The van der Waals surface area contributed by atoms with Crippen molar-refractivity contribution >= 4 is 27.1 Å². The number of sulfonamides is 1. The first-order valence-electron chi connectivity index (χ1n) is 8.69. The molecule has 0 radical (unpaired) electrons. The molecule has 7 nitrogen and oxygen atoms in total. The van der Waals surface area contributed by atoms with Gasteiger partial charge >= 0.3 is 0 Å². The van der Waals surface area contributed by atoms with Crippen molar-refractivity contribution < 1.29 is 8.42 Å². The molecule has 0 spiro atoms. The molecule has 0 saturated carbocycles. The van der Waals surface area contributed by atoms with E-state index in [0.717, 1.165) is 55.9 Å². The van der Waals surface area contributed by atoms with Gasteiger partial charge in [0.05, 0.1) is 28.2 Å². The van der Waals surface area contributed by atoms with Gasteiger partial charge in [-0.1, -0.05) is 12.1 Å². The van der Waals surface area contributed by atoms with E-state index in [9.17, 15) is 8.42 Å². The Morgan fingerprint density at radius 2 is 2.07 bits per heavy atom. The number of fused-ring (bicyclic) bond motifs is 1. The third-order valence-corrected chi connectivity index (χ3v) is 6.59. The van der Waals surface area contributed by atoms with Crippen LogP contribution in [0, 0.1) is 0 Å². The van der Waals surface area contributed by atoms with Crippen molar-refractivity contribution in [2.45, 2.75) is 12.8 Å². The Bertz CT molecular complexity index is 1140. The van der Waals surface area contributed by atoms with Crippen molar-refractivity contribution in [3.63, 3.8) is 0 Å². The number of allylic oxidation sites excluding steroid dienone is 1. The lowest BCUT2D eigenvalue weighted by Gasteiger charge is -2.23. The normalized spacial score (nSPS) is 13.9. The molecule has 4 rings (SSSR count). The quantitative estimate of drug-likeness (QED) is 0.647. The predicted octanol–water partition coefficient (Wildman–Crippen LogP) is 2.95. The number of nitrogens with zero attached hydrogens (tertiary/aromatic N) is 4. The van der Waals surface area contributed by atoms with Gasteiger partial charge in [0.15, 0.2) is 0 Å². The highest BCUT2D eigenvalue weighted by molar-refractivity contribution is 7.88. The Morgan fingerprint density at radius 3 is 2.82 bits per heavy atom. The number of aryl methyl sites for hydroxylation is 1. The molecule has 0 amide bonds. The summed E-state index contributed by atoms with van der Waals surface area (Å²) in [7, 11) is -1.87. The van der Waals surface area contributed by atoms with E-state index in [1.54, 1.807) is 23.7 Å². The van der Waals surface area contributed by atoms with Crippen molar-refractivity contribution in [1.29, 1.82) is 0 Å². The fourth-order valence-corrected chi connectivity index (χ4v) is 4.04. The third-order valence-electron chi connectivity index (χ3n) is 4.44. The van der Waals surface area contributed by atoms with Crippen LogP contribution in [0.25, 0.3) is 26.8 Å². The lowest BCUT2D eigenvalue weighted by atomic mass is 9.99. The van der Waals surface area contributed by atoms with Gasteiger partial charge in [-0.25, -0.2) is 18.4 Å². The van der Waals surface area contributed by atoms with Crippen LogP contribution in [0.15, 0.2) is 48.9 Å². The molecule has 0 bridgehead atoms. The van der Waals surface area contributed by atoms with E-state index in [1.165, 1.54) is 7.05 Å². The van der Waals surface area contributed by atoms with Crippen molar-refractivity contribution in [3.05, 3.63) is 60.2 Å². The minimum Gasteiger partial charge on any atom is -0.304 e. The molecule has 3 aromatic heterocycles. The Morgan fingerprint density at radius 1 is 1.21 bits per heavy atom. The molecule has 1 aliphatic carbocycles. The molecule has 144 valence electrons. The van der Waals surface area contributed by atoms with E-state index in [4.69, 9.17) is 4.98 Å². The van der Waals surface area contributed by atoms with E-state index in [1.807, 2.05) is 30.5 Å². The molecule has 28 heavy (non-hydrogen) atoms. The van der Waals surface area contributed by atoms with E-state index < -0.39 is 10.0 Å². The van der Waals surface area contributed by atoms with Crippen molar-refractivity contribution in [1.82, 2.24) is 24.8 Å². The van der Waals surface area contributed by atoms with Crippen LogP contribution >= 0.6 is 11.3 Å². The predicted molar refractivity (Wildman–Crippen MR) is 111 cm³/mol. The maximum absolute atomic E-state index is 11.7. The minimum absolute atomic E-state index is 0.702. The van der Waals surface area contributed by atoms with Crippen molar-refractivity contribution in [3.8, 4) is 21.1 Å². The van der Waals surface area contributed by atoms with E-state index >= 15 is 0 Å². The van der Waals surface area contributed by atoms with Crippen LogP contribution in [0.4, 0.5) is 0 Å². The number of nitrogens with one attached hydrogen (secondary N) is 1. The van der Waals surface area contributed by atoms with Gasteiger partial charge in [0.2, 0.25) is 10.0 Å². The molecule has 3 heterocycles. The average Bonchev–Trinajstić information content (AvgIpc) is 3.18. The first kappa shape index (κ1) is 18.7. The number of hydrazine groups is 1. The summed E-state index contributed by atoms with van der Waals surface area (Å²) < 4.78 is 24.6. The molecular formula is C19H19N5O2S2. The highest BCUT2D eigenvalue weighted by Crippen LogP contribution is 2.33. The van der Waals surface area contributed by atoms with Crippen molar-refractivity contribution in [2.24, 2.45) is 0 Å².